The second-order valence-electron chi connectivity index (χ2n) is 5.30. The molecule has 0 radical (unpaired) electrons. The average Bonchev–Trinajstić information content (AvgIpc) is 2.90. The maximum Gasteiger partial charge on any atom is 0.0634 e. The third kappa shape index (κ3) is 4.43. The number of allylic oxidation sites excluding steroid dienone is 4. The second-order valence-corrected chi connectivity index (χ2v) is 5.30. The summed E-state index contributed by atoms with van der Waals surface area (Å²) in [5.74, 6) is 0. The predicted molar refractivity (Wildman–Crippen MR) is 80.9 cm³/mol. The van der Waals surface area contributed by atoms with Gasteiger partial charge in [0.05, 0.1) is 11.8 Å². The van der Waals surface area contributed by atoms with Crippen molar-refractivity contribution in [1.82, 2.24) is 0 Å². The van der Waals surface area contributed by atoms with E-state index in [1.165, 1.54) is 24.0 Å². The van der Waals surface area contributed by atoms with E-state index in [9.17, 15) is 0 Å². The smallest absolute Gasteiger partial charge is 0.0634 e. The van der Waals surface area contributed by atoms with Crippen LogP contribution in [0, 0.1) is 0 Å². The van der Waals surface area contributed by atoms with Gasteiger partial charge in [-0.3, -0.25) is 0 Å². The molecule has 3 heteroatoms. The Kier molecular flexibility index (Phi) is 5.52. The Hall–Kier alpha value is -1.22. The first-order chi connectivity index (χ1) is 9.29. The van der Waals surface area contributed by atoms with Gasteiger partial charge in [0.15, 0.2) is 0 Å². The van der Waals surface area contributed by atoms with Crippen molar-refractivity contribution in [2.24, 2.45) is 10.2 Å². The van der Waals surface area contributed by atoms with Crippen LogP contribution in [-0.2, 0) is 4.74 Å². The maximum absolute atomic E-state index is 5.67. The first-order valence-corrected chi connectivity index (χ1v) is 7.39. The fraction of sp³-hybridized carbons (Fsp3) is 0.625. The highest BCUT2D eigenvalue weighted by Gasteiger charge is 2.16. The van der Waals surface area contributed by atoms with Gasteiger partial charge in [0.25, 0.3) is 0 Å². The van der Waals surface area contributed by atoms with Crippen molar-refractivity contribution >= 4 is 11.9 Å². The number of hydrogen-bond acceptors (Lipinski definition) is 3. The lowest BCUT2D eigenvalue weighted by Crippen LogP contribution is -2.08. The molecule has 1 unspecified atom stereocenters. The van der Waals surface area contributed by atoms with Gasteiger partial charge in [-0.05, 0) is 62.3 Å². The monoisotopic (exact) mass is 260 g/mol. The summed E-state index contributed by atoms with van der Waals surface area (Å²) in [6.45, 7) is 5.29. The molecule has 0 aromatic heterocycles. The van der Waals surface area contributed by atoms with Crippen molar-refractivity contribution in [1.29, 1.82) is 0 Å². The minimum Gasteiger partial charge on any atom is -0.378 e. The van der Waals surface area contributed by atoms with Crippen molar-refractivity contribution in [3.63, 3.8) is 0 Å². The summed E-state index contributed by atoms with van der Waals surface area (Å²) >= 11 is 0. The van der Waals surface area contributed by atoms with Gasteiger partial charge < -0.3 is 4.74 Å². The molecule has 1 saturated heterocycles. The molecule has 0 N–H and O–H groups in total. The molecule has 0 amide bonds. The highest BCUT2D eigenvalue weighted by Crippen LogP contribution is 2.20. The zero-order valence-corrected chi connectivity index (χ0v) is 12.1. The lowest BCUT2D eigenvalue weighted by atomic mass is 9.98. The van der Waals surface area contributed by atoms with Crippen molar-refractivity contribution < 1.29 is 4.74 Å². The van der Waals surface area contributed by atoms with Gasteiger partial charge in [-0.2, -0.15) is 10.2 Å². The Labute approximate surface area is 116 Å². The van der Waals surface area contributed by atoms with Gasteiger partial charge in [-0.15, -0.1) is 0 Å². The van der Waals surface area contributed by atoms with Gasteiger partial charge in [-0.1, -0.05) is 13.3 Å². The Morgan fingerprint density at radius 2 is 2.26 bits per heavy atom. The molecule has 0 aromatic carbocycles. The van der Waals surface area contributed by atoms with Crippen molar-refractivity contribution in [2.45, 2.75) is 58.5 Å². The molecule has 1 atom stereocenters. The van der Waals surface area contributed by atoms with E-state index in [1.807, 2.05) is 6.08 Å². The SMILES string of the molecule is CCCC1=C/C(CCC2CCCO2)=N\N=C\C=C\1C. The van der Waals surface area contributed by atoms with Crippen LogP contribution in [0.1, 0.15) is 52.4 Å². The van der Waals surface area contributed by atoms with Crippen LogP contribution >= 0.6 is 0 Å². The minimum atomic E-state index is 0.428. The Morgan fingerprint density at radius 3 is 3.00 bits per heavy atom. The predicted octanol–water partition coefficient (Wildman–Crippen LogP) is 4.06. The van der Waals surface area contributed by atoms with E-state index in [0.29, 0.717) is 6.10 Å². The largest absolute Gasteiger partial charge is 0.378 e. The lowest BCUT2D eigenvalue weighted by Gasteiger charge is -2.11. The van der Waals surface area contributed by atoms with E-state index in [-0.39, 0.29) is 0 Å². The minimum absolute atomic E-state index is 0.428. The number of ether oxygens (including phenoxy) is 1. The summed E-state index contributed by atoms with van der Waals surface area (Å²) in [6.07, 6.45) is 13.2. The summed E-state index contributed by atoms with van der Waals surface area (Å²) in [7, 11) is 0. The number of hydrogen-bond donors (Lipinski definition) is 0. The van der Waals surface area contributed by atoms with Crippen LogP contribution in [0.25, 0.3) is 0 Å². The lowest BCUT2D eigenvalue weighted by molar-refractivity contribution is 0.106. The van der Waals surface area contributed by atoms with Gasteiger partial charge in [0.1, 0.15) is 0 Å². The molecule has 2 aliphatic rings. The standard InChI is InChI=1S/C16H24N2O/c1-3-5-14-12-15(18-17-10-9-13(14)2)7-8-16-6-4-11-19-16/h9-10,12,16H,3-8,11H2,1-2H3/b10-9?,13-9+,14-12-,14-13?,15-12?,17-10+,18-15-,18-17?. The third-order valence-electron chi connectivity index (χ3n) is 3.69. The normalized spacial score (nSPS) is 33.4. The van der Waals surface area contributed by atoms with E-state index < -0.39 is 0 Å². The average molecular weight is 260 g/mol. The van der Waals surface area contributed by atoms with Crippen LogP contribution in [-0.4, -0.2) is 24.6 Å². The van der Waals surface area contributed by atoms with E-state index in [1.54, 1.807) is 6.21 Å². The number of rotatable bonds is 5. The van der Waals surface area contributed by atoms with Gasteiger partial charge in [0.2, 0.25) is 0 Å². The molecule has 0 spiro atoms. The fourth-order valence-electron chi connectivity index (χ4n) is 2.55. The molecular weight excluding hydrogens is 236 g/mol. The summed E-state index contributed by atoms with van der Waals surface area (Å²) in [4.78, 5) is 0. The molecular formula is C16H24N2O. The van der Waals surface area contributed by atoms with E-state index in [2.05, 4.69) is 30.1 Å². The Balaban J connectivity index is 2.00. The van der Waals surface area contributed by atoms with Crippen LogP contribution in [0.4, 0.5) is 0 Å². The van der Waals surface area contributed by atoms with Crippen molar-refractivity contribution in [2.75, 3.05) is 6.61 Å². The summed E-state index contributed by atoms with van der Waals surface area (Å²) < 4.78 is 5.67. The first kappa shape index (κ1) is 14.2. The summed E-state index contributed by atoms with van der Waals surface area (Å²) in [6, 6.07) is 0. The zero-order valence-electron chi connectivity index (χ0n) is 12.1. The maximum atomic E-state index is 5.67. The Morgan fingerprint density at radius 1 is 1.37 bits per heavy atom. The number of nitrogens with zero attached hydrogens (tertiary/aromatic N) is 2. The molecule has 0 saturated carbocycles. The van der Waals surface area contributed by atoms with Crippen molar-refractivity contribution in [3.8, 4) is 0 Å². The van der Waals surface area contributed by atoms with Gasteiger partial charge >= 0.3 is 0 Å². The molecule has 0 bridgehead atoms. The third-order valence-corrected chi connectivity index (χ3v) is 3.69. The van der Waals surface area contributed by atoms with Crippen LogP contribution in [0.5, 0.6) is 0 Å². The highest BCUT2D eigenvalue weighted by molar-refractivity contribution is 5.97. The second kappa shape index (κ2) is 7.39. The molecule has 2 heterocycles. The van der Waals surface area contributed by atoms with E-state index in [4.69, 9.17) is 4.74 Å². The molecule has 0 aliphatic carbocycles. The fourth-order valence-corrected chi connectivity index (χ4v) is 2.55. The Bertz CT molecular complexity index is 412. The van der Waals surface area contributed by atoms with E-state index >= 15 is 0 Å². The molecule has 104 valence electrons. The van der Waals surface area contributed by atoms with Crippen LogP contribution in [0.3, 0.4) is 0 Å². The quantitative estimate of drug-likeness (QED) is 0.734. The zero-order chi connectivity index (χ0) is 13.5. The highest BCUT2D eigenvalue weighted by atomic mass is 16.5. The molecule has 1 fully saturated rings. The molecule has 2 rings (SSSR count). The van der Waals surface area contributed by atoms with Crippen molar-refractivity contribution in [3.05, 3.63) is 23.3 Å². The first-order valence-electron chi connectivity index (χ1n) is 7.39. The molecule has 0 aromatic rings. The summed E-state index contributed by atoms with van der Waals surface area (Å²) in [5.41, 5.74) is 3.78. The molecule has 19 heavy (non-hydrogen) atoms. The van der Waals surface area contributed by atoms with Crippen LogP contribution < -0.4 is 0 Å². The van der Waals surface area contributed by atoms with E-state index in [0.717, 1.165) is 38.0 Å². The molecule has 3 nitrogen and oxygen atoms in total. The summed E-state index contributed by atoms with van der Waals surface area (Å²) in [5, 5.41) is 8.42. The molecule has 2 aliphatic heterocycles. The van der Waals surface area contributed by atoms with Crippen LogP contribution in [0.2, 0.25) is 0 Å². The van der Waals surface area contributed by atoms with Crippen LogP contribution in [0.15, 0.2) is 33.5 Å². The topological polar surface area (TPSA) is 34.0 Å². The van der Waals surface area contributed by atoms with Gasteiger partial charge in [0, 0.05) is 12.8 Å². The van der Waals surface area contributed by atoms with Gasteiger partial charge in [-0.25, -0.2) is 0 Å².